The van der Waals surface area contributed by atoms with Gasteiger partial charge >= 0.3 is 7.32 Å². The van der Waals surface area contributed by atoms with Crippen LogP contribution in [-0.4, -0.2) is 32.3 Å². The maximum Gasteiger partial charge on any atom is 0.606 e. The summed E-state index contributed by atoms with van der Waals surface area (Å²) in [5, 5.41) is 0. The van der Waals surface area contributed by atoms with E-state index in [1.165, 1.54) is 170 Å². The van der Waals surface area contributed by atoms with Crippen LogP contribution in [0.15, 0.2) is 0 Å². The predicted molar refractivity (Wildman–Crippen MR) is 204 cm³/mol. The first-order valence-electron chi connectivity index (χ1n) is 19.9. The van der Waals surface area contributed by atoms with Crippen LogP contribution in [0.2, 0.25) is 54.4 Å². The van der Waals surface area contributed by atoms with Gasteiger partial charge in [0.2, 0.25) is 0 Å². The molecule has 258 valence electrons. The second-order valence-electron chi connectivity index (χ2n) is 14.1. The molecule has 0 aliphatic carbocycles. The van der Waals surface area contributed by atoms with Crippen molar-refractivity contribution in [3.63, 3.8) is 0 Å². The van der Waals surface area contributed by atoms with Crippen LogP contribution in [0.4, 0.5) is 0 Å². The van der Waals surface area contributed by atoms with Crippen molar-refractivity contribution < 1.29 is 13.0 Å². The Morgan fingerprint density at radius 2 is 0.419 bits per heavy atom. The molecule has 0 aliphatic rings. The van der Waals surface area contributed by atoms with Gasteiger partial charge in [0.25, 0.3) is 0 Å². The average Bonchev–Trinajstić information content (AvgIpc) is 3.02. The molecule has 0 rings (SSSR count). The van der Waals surface area contributed by atoms with E-state index in [9.17, 15) is 0 Å². The molecule has 0 amide bonds. The van der Waals surface area contributed by atoms with E-state index < -0.39 is 32.3 Å². The smallest absolute Gasteiger partial charge is 0.429 e. The van der Waals surface area contributed by atoms with Crippen molar-refractivity contribution in [2.45, 2.75) is 232 Å². The van der Waals surface area contributed by atoms with Crippen LogP contribution in [0.5, 0.6) is 0 Å². The first kappa shape index (κ1) is 43.6. The van der Waals surface area contributed by atoms with E-state index >= 15 is 0 Å². The highest BCUT2D eigenvalue weighted by molar-refractivity contribution is 6.86. The van der Waals surface area contributed by atoms with Crippen LogP contribution in [0, 0.1) is 0 Å². The molecular formula is C36H81BO3Si3. The summed E-state index contributed by atoms with van der Waals surface area (Å²) in [4.78, 5) is 0. The first-order valence-corrected chi connectivity index (χ1v) is 27.5. The summed E-state index contributed by atoms with van der Waals surface area (Å²) < 4.78 is 23.1. The zero-order valence-electron chi connectivity index (χ0n) is 31.4. The van der Waals surface area contributed by atoms with Gasteiger partial charge in [0.05, 0.1) is 0 Å². The molecule has 0 bridgehead atoms. The third-order valence-corrected chi connectivity index (χ3v) is 23.4. The van der Waals surface area contributed by atoms with Gasteiger partial charge in [-0.2, -0.15) is 0 Å². The summed E-state index contributed by atoms with van der Waals surface area (Å²) in [6, 6.07) is 11.6. The number of hydrogen-bond donors (Lipinski definition) is 0. The predicted octanol–water partition coefficient (Wildman–Crippen LogP) is 14.1. The van der Waals surface area contributed by atoms with E-state index in [4.69, 9.17) is 13.0 Å². The fourth-order valence-electron chi connectivity index (χ4n) is 6.83. The second-order valence-corrected chi connectivity index (χ2v) is 26.4. The third kappa shape index (κ3) is 19.1. The third-order valence-electron chi connectivity index (χ3n) is 9.91. The SMILES string of the molecule is CCCC[Si](CCCC)(CCCC)OB(O[Si](CCCC)(CCCC)CCCC)O[Si](CCCC)(CCCC)CCCC. The summed E-state index contributed by atoms with van der Waals surface area (Å²) in [6.45, 7) is 21.2. The van der Waals surface area contributed by atoms with Gasteiger partial charge in [-0.05, 0) is 54.4 Å². The molecule has 43 heavy (non-hydrogen) atoms. The van der Waals surface area contributed by atoms with Gasteiger partial charge in [-0.25, -0.2) is 0 Å². The summed E-state index contributed by atoms with van der Waals surface area (Å²) >= 11 is 0. The van der Waals surface area contributed by atoms with Crippen molar-refractivity contribution in [1.82, 2.24) is 0 Å². The van der Waals surface area contributed by atoms with Gasteiger partial charge in [0, 0.05) is 0 Å². The van der Waals surface area contributed by atoms with E-state index in [0.29, 0.717) is 0 Å². The highest BCUT2D eigenvalue weighted by Crippen LogP contribution is 2.38. The van der Waals surface area contributed by atoms with E-state index in [1.807, 2.05) is 0 Å². The fraction of sp³-hybridized carbons (Fsp3) is 1.00. The Balaban J connectivity index is 6.97. The van der Waals surface area contributed by atoms with Crippen LogP contribution >= 0.6 is 0 Å². The Morgan fingerprint density at radius 3 is 0.535 bits per heavy atom. The Labute approximate surface area is 276 Å². The highest BCUT2D eigenvalue weighted by atomic mass is 28.4. The number of rotatable bonds is 33. The molecule has 0 unspecified atom stereocenters. The zero-order valence-corrected chi connectivity index (χ0v) is 34.4. The monoisotopic (exact) mass is 657 g/mol. The quantitative estimate of drug-likeness (QED) is 0.0658. The minimum Gasteiger partial charge on any atom is -0.429 e. The average molecular weight is 657 g/mol. The Morgan fingerprint density at radius 1 is 0.279 bits per heavy atom. The second kappa shape index (κ2) is 27.7. The van der Waals surface area contributed by atoms with E-state index in [2.05, 4.69) is 62.3 Å². The Hall–Kier alpha value is 0.596. The lowest BCUT2D eigenvalue weighted by atomic mass is 10.3. The summed E-state index contributed by atoms with van der Waals surface area (Å²) in [6.07, 6.45) is 22.9. The van der Waals surface area contributed by atoms with Crippen molar-refractivity contribution in [3.8, 4) is 0 Å². The van der Waals surface area contributed by atoms with Crippen molar-refractivity contribution in [2.75, 3.05) is 0 Å². The fourth-order valence-corrected chi connectivity index (χ4v) is 20.9. The molecule has 0 fully saturated rings. The normalized spacial score (nSPS) is 12.8. The van der Waals surface area contributed by atoms with Crippen molar-refractivity contribution in [1.29, 1.82) is 0 Å². The lowest BCUT2D eigenvalue weighted by Gasteiger charge is -2.43. The lowest BCUT2D eigenvalue weighted by Crippen LogP contribution is -2.56. The molecule has 0 aliphatic heterocycles. The molecular weight excluding hydrogens is 575 g/mol. The molecule has 0 N–H and O–H groups in total. The van der Waals surface area contributed by atoms with Crippen LogP contribution in [0.25, 0.3) is 0 Å². The minimum atomic E-state index is -2.01. The maximum absolute atomic E-state index is 7.70. The van der Waals surface area contributed by atoms with Gasteiger partial charge in [-0.15, -0.1) is 0 Å². The Kier molecular flexibility index (Phi) is 28.1. The standard InChI is InChI=1S/C36H81BO3Si3/c1-10-19-28-41(29-20-11-2,30-21-12-3)38-37(39-42(31-22-13-4,32-23-14-5)33-24-15-6)40-43(34-25-16-7,35-26-17-8)36-27-18-9/h10-36H2,1-9H3. The van der Waals surface area contributed by atoms with Crippen molar-refractivity contribution >= 4 is 32.3 Å². The molecule has 0 aromatic rings. The maximum atomic E-state index is 7.70. The van der Waals surface area contributed by atoms with Gasteiger partial charge in [-0.1, -0.05) is 178 Å². The van der Waals surface area contributed by atoms with Gasteiger partial charge in [-0.3, -0.25) is 0 Å². The summed E-state index contributed by atoms with van der Waals surface area (Å²) in [5.74, 6) is 0. The van der Waals surface area contributed by atoms with E-state index in [0.717, 1.165) is 0 Å². The molecule has 0 saturated heterocycles. The number of unbranched alkanes of at least 4 members (excludes halogenated alkanes) is 9. The molecule has 0 aromatic carbocycles. The van der Waals surface area contributed by atoms with Gasteiger partial charge in [0.1, 0.15) is 0 Å². The molecule has 3 nitrogen and oxygen atoms in total. The van der Waals surface area contributed by atoms with Gasteiger partial charge in [0.15, 0.2) is 25.0 Å². The van der Waals surface area contributed by atoms with Crippen molar-refractivity contribution in [3.05, 3.63) is 0 Å². The highest BCUT2D eigenvalue weighted by Gasteiger charge is 2.48. The van der Waals surface area contributed by atoms with E-state index in [-0.39, 0.29) is 0 Å². The summed E-state index contributed by atoms with van der Waals surface area (Å²) in [7, 11) is -6.44. The Bertz CT molecular complexity index is 464. The largest absolute Gasteiger partial charge is 0.606 e. The van der Waals surface area contributed by atoms with Crippen molar-refractivity contribution in [2.24, 2.45) is 0 Å². The van der Waals surface area contributed by atoms with Crippen LogP contribution in [0.3, 0.4) is 0 Å². The molecule has 0 spiro atoms. The van der Waals surface area contributed by atoms with E-state index in [1.54, 1.807) is 0 Å². The topological polar surface area (TPSA) is 27.7 Å². The van der Waals surface area contributed by atoms with Crippen LogP contribution in [0.1, 0.15) is 178 Å². The molecule has 0 radical (unpaired) electrons. The minimum absolute atomic E-state index is 0.397. The molecule has 0 aromatic heterocycles. The van der Waals surface area contributed by atoms with Crippen LogP contribution in [-0.2, 0) is 13.0 Å². The number of hydrogen-bond acceptors (Lipinski definition) is 3. The lowest BCUT2D eigenvalue weighted by molar-refractivity contribution is 0.278. The first-order chi connectivity index (χ1) is 20.8. The summed E-state index contributed by atoms with van der Waals surface area (Å²) in [5.41, 5.74) is 0. The molecule has 0 atom stereocenters. The zero-order chi connectivity index (χ0) is 32.3. The van der Waals surface area contributed by atoms with Gasteiger partial charge < -0.3 is 13.0 Å². The molecule has 0 saturated carbocycles. The van der Waals surface area contributed by atoms with Crippen LogP contribution < -0.4 is 0 Å². The molecule has 0 heterocycles. The molecule has 7 heteroatoms.